The van der Waals surface area contributed by atoms with Crippen molar-refractivity contribution in [1.82, 2.24) is 0 Å². The Morgan fingerprint density at radius 2 is 0.470 bits per heavy atom. The Morgan fingerprint density at radius 1 is 0.253 bits per heavy atom. The van der Waals surface area contributed by atoms with Crippen LogP contribution in [0.25, 0.3) is 0 Å². The summed E-state index contributed by atoms with van der Waals surface area (Å²) in [5, 5.41) is 0. The van der Waals surface area contributed by atoms with Gasteiger partial charge in [0.25, 0.3) is 0 Å². The van der Waals surface area contributed by atoms with Gasteiger partial charge in [-0.05, 0) is 167 Å². The van der Waals surface area contributed by atoms with Gasteiger partial charge in [0.1, 0.15) is 13.2 Å². The number of unbranched alkanes of at least 4 members (excludes halogenated alkanes) is 11. The summed E-state index contributed by atoms with van der Waals surface area (Å²) in [6, 6.07) is 0. The van der Waals surface area contributed by atoms with Gasteiger partial charge >= 0.3 is 17.9 Å². The van der Waals surface area contributed by atoms with E-state index in [9.17, 15) is 14.4 Å². The molecular weight excluding hydrogens is 1020 g/mol. The first-order valence-corrected chi connectivity index (χ1v) is 32.6. The summed E-state index contributed by atoms with van der Waals surface area (Å²) in [7, 11) is 0. The van der Waals surface area contributed by atoms with Gasteiger partial charge in [0, 0.05) is 19.3 Å². The SMILES string of the molecule is CC/C=C\C/C=C\C/C=C\C/C=C\C/C=C\C/C=C\C/C=C\C/C=C\C/C=C\C/C=C\CCCCC(=O)OCC(COC(=O)CCCCCCC/C=C\CCCC)OC(=O)CCCC/C=C\C/C=C\C/C=C\C/C=C\C/C=C\C/C=C\CC. The van der Waals surface area contributed by atoms with Gasteiger partial charge in [0.2, 0.25) is 0 Å². The van der Waals surface area contributed by atoms with E-state index in [0.717, 1.165) is 167 Å². The minimum atomic E-state index is -0.836. The number of esters is 3. The van der Waals surface area contributed by atoms with Gasteiger partial charge in [-0.2, -0.15) is 0 Å². The molecule has 83 heavy (non-hydrogen) atoms. The van der Waals surface area contributed by atoms with Gasteiger partial charge < -0.3 is 14.2 Å². The maximum atomic E-state index is 12.9. The van der Waals surface area contributed by atoms with E-state index < -0.39 is 6.10 Å². The lowest BCUT2D eigenvalue weighted by Gasteiger charge is -2.18. The van der Waals surface area contributed by atoms with Crippen molar-refractivity contribution in [3.8, 4) is 0 Å². The van der Waals surface area contributed by atoms with Gasteiger partial charge in [-0.25, -0.2) is 0 Å². The third-order valence-electron chi connectivity index (χ3n) is 12.8. The molecule has 0 spiro atoms. The highest BCUT2D eigenvalue weighted by molar-refractivity contribution is 5.71. The highest BCUT2D eigenvalue weighted by Gasteiger charge is 2.19. The third kappa shape index (κ3) is 66.7. The summed E-state index contributed by atoms with van der Waals surface area (Å²) in [5.41, 5.74) is 0. The Labute approximate surface area is 509 Å². The molecule has 0 aromatic heterocycles. The van der Waals surface area contributed by atoms with Crippen molar-refractivity contribution in [1.29, 1.82) is 0 Å². The standard InChI is InChI=1S/C77H116O6/c1-4-7-10-13-16-19-22-24-26-28-30-32-33-34-35-36-37-38-39-40-41-42-43-45-46-48-50-52-55-58-61-64-67-70-76(79)82-73-74(72-81-75(78)69-66-63-60-57-54-21-18-15-12-9-6-3)83-77(80)71-68-65-62-59-56-53-51-49-47-44-31-29-27-25-23-20-17-14-11-8-5-2/h7-8,10-11,15-20,24-27,30-32,34-35,37-38,40-41,43-45,48-51,55-56,58-59,74H,4-6,9,12-14,21-23,28-29,33,36,39,42,46-47,52-54,57,60-73H2,1-3H3/b10-7-,11-8-,18-15-,19-16-,20-17-,26-24-,27-25-,32-30-,35-34-,38-37-,41-40-,44-31-,45-43-,50-48-,51-49-,58-55-,59-56-. The van der Waals surface area contributed by atoms with Crippen LogP contribution in [0.4, 0.5) is 0 Å². The smallest absolute Gasteiger partial charge is 0.306 e. The molecule has 0 aliphatic heterocycles. The van der Waals surface area contributed by atoms with Gasteiger partial charge in [-0.1, -0.05) is 259 Å². The van der Waals surface area contributed by atoms with Gasteiger partial charge in [-0.3, -0.25) is 14.4 Å². The molecule has 460 valence electrons. The summed E-state index contributed by atoms with van der Waals surface area (Å²) >= 11 is 0. The van der Waals surface area contributed by atoms with Crippen LogP contribution in [0.15, 0.2) is 207 Å². The number of allylic oxidation sites excluding steroid dienone is 34. The fourth-order valence-electron chi connectivity index (χ4n) is 7.92. The van der Waals surface area contributed by atoms with Crippen molar-refractivity contribution in [3.63, 3.8) is 0 Å². The van der Waals surface area contributed by atoms with Crippen LogP contribution in [0.3, 0.4) is 0 Å². The Kier molecular flexibility index (Phi) is 63.5. The molecule has 0 aromatic carbocycles. The molecular formula is C77H116O6. The van der Waals surface area contributed by atoms with Crippen LogP contribution in [-0.2, 0) is 28.6 Å². The van der Waals surface area contributed by atoms with Crippen molar-refractivity contribution >= 4 is 17.9 Å². The highest BCUT2D eigenvalue weighted by atomic mass is 16.6. The van der Waals surface area contributed by atoms with Crippen LogP contribution < -0.4 is 0 Å². The average molecular weight is 1140 g/mol. The van der Waals surface area contributed by atoms with Crippen LogP contribution >= 0.6 is 0 Å². The Balaban J connectivity index is 4.47. The Bertz CT molecular complexity index is 2030. The summed E-state index contributed by atoms with van der Waals surface area (Å²) in [4.78, 5) is 38.2. The fourth-order valence-corrected chi connectivity index (χ4v) is 7.92. The zero-order valence-corrected chi connectivity index (χ0v) is 52.6. The first kappa shape index (κ1) is 77.0. The predicted molar refractivity (Wildman–Crippen MR) is 361 cm³/mol. The quantitative estimate of drug-likeness (QED) is 0.0261. The second-order valence-corrected chi connectivity index (χ2v) is 20.5. The first-order chi connectivity index (χ1) is 41.0. The number of carbonyl (C=O) groups is 3. The number of ether oxygens (including phenoxy) is 3. The lowest BCUT2D eigenvalue weighted by Crippen LogP contribution is -2.30. The molecule has 0 aromatic rings. The highest BCUT2D eigenvalue weighted by Crippen LogP contribution is 2.12. The monoisotopic (exact) mass is 1140 g/mol. The molecule has 6 heteroatoms. The maximum absolute atomic E-state index is 12.9. The van der Waals surface area contributed by atoms with Crippen LogP contribution in [0.1, 0.15) is 239 Å². The summed E-state index contributed by atoms with van der Waals surface area (Å²) in [6.45, 7) is 6.27. The lowest BCUT2D eigenvalue weighted by molar-refractivity contribution is -0.167. The van der Waals surface area contributed by atoms with E-state index in [0.29, 0.717) is 19.3 Å². The molecule has 0 aliphatic carbocycles. The summed E-state index contributed by atoms with van der Waals surface area (Å²) in [5.74, 6) is -1.04. The molecule has 1 unspecified atom stereocenters. The van der Waals surface area contributed by atoms with E-state index in [1.165, 1.54) is 19.3 Å². The van der Waals surface area contributed by atoms with Crippen molar-refractivity contribution in [2.75, 3.05) is 13.2 Å². The van der Waals surface area contributed by atoms with Gasteiger partial charge in [0.15, 0.2) is 6.10 Å². The molecule has 1 atom stereocenters. The maximum Gasteiger partial charge on any atom is 0.306 e. The third-order valence-corrected chi connectivity index (χ3v) is 12.8. The van der Waals surface area contributed by atoms with E-state index in [1.807, 2.05) is 0 Å². The molecule has 0 heterocycles. The van der Waals surface area contributed by atoms with Crippen molar-refractivity contribution in [2.24, 2.45) is 0 Å². The zero-order valence-electron chi connectivity index (χ0n) is 52.6. The van der Waals surface area contributed by atoms with Crippen LogP contribution in [-0.4, -0.2) is 37.2 Å². The number of carbonyl (C=O) groups excluding carboxylic acids is 3. The van der Waals surface area contributed by atoms with Gasteiger partial charge in [0.05, 0.1) is 0 Å². The van der Waals surface area contributed by atoms with E-state index >= 15 is 0 Å². The summed E-state index contributed by atoms with van der Waals surface area (Å²) < 4.78 is 16.8. The molecule has 0 amide bonds. The molecule has 0 fully saturated rings. The fraction of sp³-hybridized carbons (Fsp3) is 0.519. The van der Waals surface area contributed by atoms with Crippen LogP contribution in [0, 0.1) is 0 Å². The largest absolute Gasteiger partial charge is 0.462 e. The topological polar surface area (TPSA) is 78.9 Å². The number of rotatable bonds is 56. The lowest BCUT2D eigenvalue weighted by atomic mass is 10.1. The second kappa shape index (κ2) is 68.5. The van der Waals surface area contributed by atoms with Crippen molar-refractivity contribution < 1.29 is 28.6 Å². The Morgan fingerprint density at radius 3 is 0.771 bits per heavy atom. The van der Waals surface area contributed by atoms with E-state index in [2.05, 4.69) is 227 Å². The molecule has 0 rings (SSSR count). The van der Waals surface area contributed by atoms with Gasteiger partial charge in [-0.15, -0.1) is 0 Å². The van der Waals surface area contributed by atoms with E-state index in [-0.39, 0.29) is 44.0 Å². The minimum absolute atomic E-state index is 0.125. The van der Waals surface area contributed by atoms with Crippen LogP contribution in [0.5, 0.6) is 0 Å². The number of hydrogen-bond acceptors (Lipinski definition) is 6. The molecule has 0 saturated heterocycles. The Hall–Kier alpha value is -6.01. The van der Waals surface area contributed by atoms with E-state index in [4.69, 9.17) is 14.2 Å². The number of hydrogen-bond donors (Lipinski definition) is 0. The molecule has 0 bridgehead atoms. The molecule has 0 aliphatic rings. The normalized spacial score (nSPS) is 13.5. The molecule has 0 saturated carbocycles. The molecule has 0 radical (unpaired) electrons. The summed E-state index contributed by atoms with van der Waals surface area (Å²) in [6.07, 6.45) is 106. The van der Waals surface area contributed by atoms with Crippen molar-refractivity contribution in [2.45, 2.75) is 245 Å². The van der Waals surface area contributed by atoms with Crippen LogP contribution in [0.2, 0.25) is 0 Å². The van der Waals surface area contributed by atoms with Crippen molar-refractivity contribution in [3.05, 3.63) is 207 Å². The molecule has 6 nitrogen and oxygen atoms in total. The van der Waals surface area contributed by atoms with E-state index in [1.54, 1.807) is 0 Å². The second-order valence-electron chi connectivity index (χ2n) is 20.5. The zero-order chi connectivity index (χ0) is 59.9. The average Bonchev–Trinajstić information content (AvgIpc) is 3.48. The minimum Gasteiger partial charge on any atom is -0.462 e. The first-order valence-electron chi connectivity index (χ1n) is 32.6. The molecule has 0 N–H and O–H groups in total. The predicted octanol–water partition coefficient (Wildman–Crippen LogP) is 22.8.